The Morgan fingerprint density at radius 3 is 2.64 bits per heavy atom. The van der Waals surface area contributed by atoms with Crippen LogP contribution in [-0.2, 0) is 4.79 Å². The molecule has 0 aliphatic heterocycles. The highest BCUT2D eigenvalue weighted by Crippen LogP contribution is 2.33. The molecule has 0 bridgehead atoms. The molecule has 1 unspecified atom stereocenters. The average Bonchev–Trinajstić information content (AvgIpc) is 3.35. The Hall–Kier alpha value is -5.46. The number of methoxy groups -OCH3 is 1. The topological polar surface area (TPSA) is 183 Å². The summed E-state index contributed by atoms with van der Waals surface area (Å²) in [5, 5.41) is 16.6. The second kappa shape index (κ2) is 12.2. The summed E-state index contributed by atoms with van der Waals surface area (Å²) in [5.74, 6) is 0.437. The maximum Gasteiger partial charge on any atom is 0.350 e. The van der Waals surface area contributed by atoms with Crippen molar-refractivity contribution in [2.24, 2.45) is 10.7 Å². The lowest BCUT2D eigenvalue weighted by Gasteiger charge is -2.20. The van der Waals surface area contributed by atoms with Crippen molar-refractivity contribution in [1.82, 2.24) is 24.7 Å². The third-order valence-electron chi connectivity index (χ3n) is 5.40. The minimum atomic E-state index is -1.08. The van der Waals surface area contributed by atoms with Crippen LogP contribution in [0.4, 0.5) is 5.69 Å². The number of H-pyrrole nitrogens is 1. The Balaban J connectivity index is 1.73. The van der Waals surface area contributed by atoms with Crippen LogP contribution in [0.2, 0.25) is 0 Å². The van der Waals surface area contributed by atoms with Crippen LogP contribution in [0, 0.1) is 0 Å². The van der Waals surface area contributed by atoms with Gasteiger partial charge in [-0.1, -0.05) is 18.7 Å². The van der Waals surface area contributed by atoms with E-state index in [1.807, 2.05) is 6.07 Å². The first-order valence-corrected chi connectivity index (χ1v) is 11.7. The highest BCUT2D eigenvalue weighted by Gasteiger charge is 2.22. The van der Waals surface area contributed by atoms with E-state index in [0.29, 0.717) is 34.1 Å². The van der Waals surface area contributed by atoms with Crippen molar-refractivity contribution in [3.05, 3.63) is 101 Å². The van der Waals surface area contributed by atoms with E-state index in [-0.39, 0.29) is 18.4 Å². The van der Waals surface area contributed by atoms with Gasteiger partial charge in [-0.3, -0.25) is 14.8 Å². The molecular weight excluding hydrogens is 504 g/mol. The zero-order chi connectivity index (χ0) is 27.8. The maximum absolute atomic E-state index is 12.8. The molecule has 13 heteroatoms. The number of carbonyl (C=O) groups is 1. The molecule has 0 saturated carbocycles. The number of anilines is 1. The summed E-state index contributed by atoms with van der Waals surface area (Å²) in [6.07, 6.45) is 4.64. The zero-order valence-corrected chi connectivity index (χ0v) is 20.9. The van der Waals surface area contributed by atoms with E-state index in [0.717, 1.165) is 4.68 Å². The number of aliphatic imine (C=N–C) groups is 1. The molecule has 0 amide bonds. The van der Waals surface area contributed by atoms with Gasteiger partial charge < -0.3 is 25.6 Å². The molecule has 200 valence electrons. The number of aromatic amines is 1. The lowest BCUT2D eigenvalue weighted by Crippen LogP contribution is -2.18. The summed E-state index contributed by atoms with van der Waals surface area (Å²) in [4.78, 5) is 38.4. The lowest BCUT2D eigenvalue weighted by atomic mass is 10.0. The second-order valence-corrected chi connectivity index (χ2v) is 8.04. The van der Waals surface area contributed by atoms with Crippen molar-refractivity contribution in [2.45, 2.75) is 6.04 Å². The number of rotatable bonds is 12. The van der Waals surface area contributed by atoms with Gasteiger partial charge >= 0.3 is 11.7 Å². The normalized spacial score (nSPS) is 12.0. The number of amidine groups is 1. The van der Waals surface area contributed by atoms with Gasteiger partial charge in [0.25, 0.3) is 5.95 Å². The molecule has 0 spiro atoms. The molecule has 0 radical (unpaired) electrons. The minimum absolute atomic E-state index is 0.102. The van der Waals surface area contributed by atoms with E-state index >= 15 is 0 Å². The summed E-state index contributed by atoms with van der Waals surface area (Å²) in [6.45, 7) is 3.52. The number of nitrogens with two attached hydrogens (primary N) is 1. The van der Waals surface area contributed by atoms with Crippen LogP contribution in [0.15, 0.2) is 83.4 Å². The van der Waals surface area contributed by atoms with Gasteiger partial charge in [-0.15, -0.1) is 9.78 Å². The first-order valence-electron chi connectivity index (χ1n) is 11.7. The molecule has 39 heavy (non-hydrogen) atoms. The third kappa shape index (κ3) is 6.46. The van der Waals surface area contributed by atoms with Gasteiger partial charge in [0.05, 0.1) is 7.11 Å². The second-order valence-electron chi connectivity index (χ2n) is 8.04. The fourth-order valence-corrected chi connectivity index (χ4v) is 3.60. The summed E-state index contributed by atoms with van der Waals surface area (Å²) in [7, 11) is 1.54. The molecule has 0 saturated heterocycles. The number of nitrogens with one attached hydrogen (secondary N) is 2. The number of carboxylic acids is 1. The molecule has 2 aromatic heterocycles. The first kappa shape index (κ1) is 26.6. The van der Waals surface area contributed by atoms with Gasteiger partial charge in [0, 0.05) is 23.6 Å². The molecule has 2 aromatic carbocycles. The van der Waals surface area contributed by atoms with Gasteiger partial charge in [0.15, 0.2) is 17.3 Å². The maximum atomic E-state index is 12.8. The molecule has 2 heterocycles. The summed E-state index contributed by atoms with van der Waals surface area (Å²) in [5.41, 5.74) is 7.31. The monoisotopic (exact) mass is 530 g/mol. The molecular formula is C26H26N8O5. The van der Waals surface area contributed by atoms with Crippen LogP contribution < -0.4 is 26.2 Å². The van der Waals surface area contributed by atoms with Crippen LogP contribution in [0.3, 0.4) is 0 Å². The fraction of sp³-hybridized carbons (Fsp3) is 0.154. The van der Waals surface area contributed by atoms with Crippen molar-refractivity contribution in [3.63, 3.8) is 0 Å². The van der Waals surface area contributed by atoms with Crippen LogP contribution in [-0.4, -0.2) is 61.9 Å². The molecule has 4 rings (SSSR count). The summed E-state index contributed by atoms with van der Waals surface area (Å²) >= 11 is 0. The number of carboxylic acid groups (broad SMARTS) is 1. The molecule has 5 N–H and O–H groups in total. The Kier molecular flexibility index (Phi) is 8.31. The lowest BCUT2D eigenvalue weighted by molar-refractivity contribution is -0.135. The first-order chi connectivity index (χ1) is 18.9. The van der Waals surface area contributed by atoms with Gasteiger partial charge in [0.1, 0.15) is 25.0 Å². The van der Waals surface area contributed by atoms with E-state index < -0.39 is 24.2 Å². The van der Waals surface area contributed by atoms with Crippen LogP contribution in [0.1, 0.15) is 23.0 Å². The Morgan fingerprint density at radius 2 is 1.97 bits per heavy atom. The van der Waals surface area contributed by atoms with Crippen molar-refractivity contribution < 1.29 is 19.4 Å². The quantitative estimate of drug-likeness (QED) is 0.120. The highest BCUT2D eigenvalue weighted by atomic mass is 16.5. The van der Waals surface area contributed by atoms with Crippen molar-refractivity contribution in [2.75, 3.05) is 25.6 Å². The van der Waals surface area contributed by atoms with Crippen molar-refractivity contribution in [1.29, 1.82) is 0 Å². The number of hydrogen-bond acceptors (Lipinski definition) is 9. The van der Waals surface area contributed by atoms with E-state index in [9.17, 15) is 9.59 Å². The van der Waals surface area contributed by atoms with E-state index in [1.54, 1.807) is 48.5 Å². The van der Waals surface area contributed by atoms with Crippen LogP contribution in [0.25, 0.3) is 5.95 Å². The predicted octanol–water partition coefficient (Wildman–Crippen LogP) is 1.92. The SMILES string of the molecule is C=CCOc1cc(C(Nc2ccc(C(N)=NCC(=O)O)cc2)c2nn(-c3ncccn3)c(=O)[nH]2)ccc1OC. The smallest absolute Gasteiger partial charge is 0.350 e. The number of ether oxygens (including phenoxy) is 2. The summed E-state index contributed by atoms with van der Waals surface area (Å²) < 4.78 is 12.3. The van der Waals surface area contributed by atoms with Gasteiger partial charge in [-0.2, -0.15) is 0 Å². The highest BCUT2D eigenvalue weighted by molar-refractivity contribution is 5.98. The van der Waals surface area contributed by atoms with Crippen molar-refractivity contribution >= 4 is 17.5 Å². The molecule has 0 aliphatic rings. The van der Waals surface area contributed by atoms with Crippen molar-refractivity contribution in [3.8, 4) is 17.4 Å². The predicted molar refractivity (Wildman–Crippen MR) is 144 cm³/mol. The van der Waals surface area contributed by atoms with Gasteiger partial charge in [-0.05, 0) is 48.0 Å². The van der Waals surface area contributed by atoms with Gasteiger partial charge in [0.2, 0.25) is 0 Å². The number of nitrogens with zero attached hydrogens (tertiary/aromatic N) is 5. The van der Waals surface area contributed by atoms with E-state index in [4.69, 9.17) is 20.3 Å². The Morgan fingerprint density at radius 1 is 1.23 bits per heavy atom. The molecule has 4 aromatic rings. The Bertz CT molecular complexity index is 1530. The fourth-order valence-electron chi connectivity index (χ4n) is 3.60. The largest absolute Gasteiger partial charge is 0.493 e. The van der Waals surface area contributed by atoms with Crippen LogP contribution in [0.5, 0.6) is 11.5 Å². The number of hydrogen-bond donors (Lipinski definition) is 4. The standard InChI is InChI=1S/C26H26N8O5/c1-3-13-39-20-14-17(7-10-19(20)38-2)22(24-32-26(37)34(33-24)25-28-11-4-12-29-25)31-18-8-5-16(6-9-18)23(27)30-15-21(35)36/h3-12,14,22,31H,1,13,15H2,2H3,(H2,27,30)(H,35,36)(H,32,33,37). The van der Waals surface area contributed by atoms with Gasteiger partial charge in [-0.25, -0.2) is 14.8 Å². The number of benzene rings is 2. The number of aromatic nitrogens is 5. The molecule has 0 fully saturated rings. The minimum Gasteiger partial charge on any atom is -0.493 e. The zero-order valence-electron chi connectivity index (χ0n) is 20.9. The molecule has 1 atom stereocenters. The van der Waals surface area contributed by atoms with E-state index in [1.165, 1.54) is 19.5 Å². The third-order valence-corrected chi connectivity index (χ3v) is 5.40. The van der Waals surface area contributed by atoms with Crippen LogP contribution >= 0.6 is 0 Å². The summed E-state index contributed by atoms with van der Waals surface area (Å²) in [6, 6.07) is 13.2. The Labute approximate surface area is 222 Å². The average molecular weight is 531 g/mol. The number of aliphatic carboxylic acids is 1. The molecule has 0 aliphatic carbocycles. The van der Waals surface area contributed by atoms with E-state index in [2.05, 4.69) is 36.9 Å². The molecule has 13 nitrogen and oxygen atoms in total.